The molecule has 0 spiro atoms. The average molecular weight is 265 g/mol. The normalized spacial score (nSPS) is 15.7. The fourth-order valence-electron chi connectivity index (χ4n) is 2.80. The molecule has 104 valence electrons. The number of nitrogens with zero attached hydrogens (tertiary/aromatic N) is 1. The van der Waals surface area contributed by atoms with Gasteiger partial charge >= 0.3 is 0 Å². The molecule has 19 heavy (non-hydrogen) atoms. The largest absolute Gasteiger partial charge is 0.395 e. The van der Waals surface area contributed by atoms with Crippen LogP contribution in [0.25, 0.3) is 0 Å². The molecule has 2 rings (SSSR count). The van der Waals surface area contributed by atoms with E-state index in [1.165, 1.54) is 18.2 Å². The predicted molar refractivity (Wildman–Crippen MR) is 71.5 cm³/mol. The molecule has 1 aliphatic rings. The highest BCUT2D eigenvalue weighted by Crippen LogP contribution is 2.25. The molecule has 0 atom stereocenters. The first-order valence-corrected chi connectivity index (χ1v) is 6.81. The summed E-state index contributed by atoms with van der Waals surface area (Å²) in [6.45, 7) is 2.05. The molecule has 1 saturated carbocycles. The van der Waals surface area contributed by atoms with Crippen LogP contribution in [-0.2, 0) is 0 Å². The standard InChI is InChI=1S/C15H20FNO2/c1-11-10-12(16)6-7-14(11)15(19)17(8-9-18)13-4-2-3-5-13/h6-7,10,13,18H,2-5,8-9H2,1H3. The molecule has 1 N–H and O–H groups in total. The van der Waals surface area contributed by atoms with Crippen molar-refractivity contribution in [2.75, 3.05) is 13.2 Å². The van der Waals surface area contributed by atoms with Gasteiger partial charge in [-0.2, -0.15) is 0 Å². The molecule has 0 bridgehead atoms. The molecular weight excluding hydrogens is 245 g/mol. The first-order valence-electron chi connectivity index (χ1n) is 6.81. The predicted octanol–water partition coefficient (Wildman–Crippen LogP) is 2.51. The number of hydrogen-bond donors (Lipinski definition) is 1. The third kappa shape index (κ3) is 3.13. The van der Waals surface area contributed by atoms with Crippen LogP contribution in [-0.4, -0.2) is 35.1 Å². The fourth-order valence-corrected chi connectivity index (χ4v) is 2.80. The van der Waals surface area contributed by atoms with Crippen LogP contribution in [0.2, 0.25) is 0 Å². The Bertz CT molecular complexity index is 455. The molecule has 0 unspecified atom stereocenters. The third-order valence-electron chi connectivity index (χ3n) is 3.79. The van der Waals surface area contributed by atoms with Gasteiger partial charge in [0, 0.05) is 18.2 Å². The number of rotatable bonds is 4. The van der Waals surface area contributed by atoms with Gasteiger partial charge in [-0.1, -0.05) is 12.8 Å². The first-order chi connectivity index (χ1) is 9.13. The van der Waals surface area contributed by atoms with Gasteiger partial charge in [-0.25, -0.2) is 4.39 Å². The minimum absolute atomic E-state index is 0.0392. The number of amides is 1. The Morgan fingerprint density at radius 2 is 2.11 bits per heavy atom. The summed E-state index contributed by atoms with van der Waals surface area (Å²) in [5, 5.41) is 9.15. The van der Waals surface area contributed by atoms with E-state index < -0.39 is 0 Å². The summed E-state index contributed by atoms with van der Waals surface area (Å²) in [7, 11) is 0. The second kappa shape index (κ2) is 6.15. The zero-order valence-electron chi connectivity index (χ0n) is 11.2. The first kappa shape index (κ1) is 14.0. The van der Waals surface area contributed by atoms with E-state index in [0.717, 1.165) is 25.7 Å². The van der Waals surface area contributed by atoms with E-state index in [0.29, 0.717) is 17.7 Å². The van der Waals surface area contributed by atoms with Gasteiger partial charge in [-0.15, -0.1) is 0 Å². The van der Waals surface area contributed by atoms with Gasteiger partial charge in [0.25, 0.3) is 5.91 Å². The Hall–Kier alpha value is -1.42. The van der Waals surface area contributed by atoms with E-state index in [4.69, 9.17) is 5.11 Å². The molecular formula is C15H20FNO2. The minimum atomic E-state index is -0.330. The van der Waals surface area contributed by atoms with E-state index >= 15 is 0 Å². The molecule has 4 heteroatoms. The van der Waals surface area contributed by atoms with Gasteiger partial charge in [0.05, 0.1) is 6.61 Å². The molecule has 1 aliphatic carbocycles. The smallest absolute Gasteiger partial charge is 0.254 e. The average Bonchev–Trinajstić information content (AvgIpc) is 2.89. The van der Waals surface area contributed by atoms with Crippen LogP contribution in [0, 0.1) is 12.7 Å². The molecule has 3 nitrogen and oxygen atoms in total. The van der Waals surface area contributed by atoms with Crippen LogP contribution in [0.1, 0.15) is 41.6 Å². The van der Waals surface area contributed by atoms with Crippen molar-refractivity contribution in [2.45, 2.75) is 38.6 Å². The van der Waals surface area contributed by atoms with Gasteiger partial charge in [-0.3, -0.25) is 4.79 Å². The maximum atomic E-state index is 13.1. The lowest BCUT2D eigenvalue weighted by Gasteiger charge is -2.29. The SMILES string of the molecule is Cc1cc(F)ccc1C(=O)N(CCO)C1CCCC1. The van der Waals surface area contributed by atoms with Crippen molar-refractivity contribution in [2.24, 2.45) is 0 Å². The molecule has 0 saturated heterocycles. The monoisotopic (exact) mass is 265 g/mol. The summed E-state index contributed by atoms with van der Waals surface area (Å²) >= 11 is 0. The van der Waals surface area contributed by atoms with Gasteiger partial charge in [0.1, 0.15) is 5.82 Å². The van der Waals surface area contributed by atoms with Crippen molar-refractivity contribution in [1.29, 1.82) is 0 Å². The lowest BCUT2D eigenvalue weighted by atomic mass is 10.1. The third-order valence-corrected chi connectivity index (χ3v) is 3.79. The van der Waals surface area contributed by atoms with Crippen molar-refractivity contribution in [3.63, 3.8) is 0 Å². The van der Waals surface area contributed by atoms with E-state index in [-0.39, 0.29) is 24.4 Å². The van der Waals surface area contributed by atoms with Crippen LogP contribution in [0.5, 0.6) is 0 Å². The van der Waals surface area contributed by atoms with Gasteiger partial charge in [0.15, 0.2) is 0 Å². The van der Waals surface area contributed by atoms with Crippen LogP contribution >= 0.6 is 0 Å². The topological polar surface area (TPSA) is 40.5 Å². The molecule has 1 amide bonds. The van der Waals surface area contributed by atoms with Crippen LogP contribution < -0.4 is 0 Å². The number of benzene rings is 1. The van der Waals surface area contributed by atoms with Gasteiger partial charge in [0.2, 0.25) is 0 Å². The maximum Gasteiger partial charge on any atom is 0.254 e. The Morgan fingerprint density at radius 1 is 1.42 bits per heavy atom. The molecule has 1 aromatic carbocycles. The summed E-state index contributed by atoms with van der Waals surface area (Å²) in [6.07, 6.45) is 4.24. The van der Waals surface area contributed by atoms with Crippen LogP contribution in [0.4, 0.5) is 4.39 Å². The molecule has 0 heterocycles. The van der Waals surface area contributed by atoms with Crippen molar-refractivity contribution in [3.8, 4) is 0 Å². The second-order valence-electron chi connectivity index (χ2n) is 5.12. The minimum Gasteiger partial charge on any atom is -0.395 e. The highest BCUT2D eigenvalue weighted by Gasteiger charge is 2.27. The number of carbonyl (C=O) groups excluding carboxylic acids is 1. The van der Waals surface area contributed by atoms with Crippen LogP contribution in [0.15, 0.2) is 18.2 Å². The van der Waals surface area contributed by atoms with E-state index in [2.05, 4.69) is 0 Å². The Balaban J connectivity index is 2.22. The summed E-state index contributed by atoms with van der Waals surface area (Å²) in [5.74, 6) is -0.429. The lowest BCUT2D eigenvalue weighted by Crippen LogP contribution is -2.41. The van der Waals surface area contributed by atoms with Crippen molar-refractivity contribution < 1.29 is 14.3 Å². The van der Waals surface area contributed by atoms with Crippen molar-refractivity contribution >= 4 is 5.91 Å². The maximum absolute atomic E-state index is 13.1. The van der Waals surface area contributed by atoms with Crippen molar-refractivity contribution in [1.82, 2.24) is 4.90 Å². The van der Waals surface area contributed by atoms with Gasteiger partial charge in [-0.05, 0) is 43.5 Å². The summed E-state index contributed by atoms with van der Waals surface area (Å²) in [4.78, 5) is 14.3. The molecule has 0 radical (unpaired) electrons. The number of halogens is 1. The number of carbonyl (C=O) groups is 1. The van der Waals surface area contributed by atoms with Gasteiger partial charge < -0.3 is 10.0 Å². The zero-order valence-corrected chi connectivity index (χ0v) is 11.2. The Kier molecular flexibility index (Phi) is 4.53. The Labute approximate surface area is 113 Å². The van der Waals surface area contributed by atoms with Crippen molar-refractivity contribution in [3.05, 3.63) is 35.1 Å². The highest BCUT2D eigenvalue weighted by atomic mass is 19.1. The fraction of sp³-hybridized carbons (Fsp3) is 0.533. The molecule has 1 fully saturated rings. The van der Waals surface area contributed by atoms with E-state index in [1.807, 2.05) is 0 Å². The number of aliphatic hydroxyl groups is 1. The zero-order chi connectivity index (χ0) is 13.8. The van der Waals surface area contributed by atoms with E-state index in [9.17, 15) is 9.18 Å². The summed E-state index contributed by atoms with van der Waals surface area (Å²) in [5.41, 5.74) is 1.17. The molecule has 1 aromatic rings. The van der Waals surface area contributed by atoms with E-state index in [1.54, 1.807) is 11.8 Å². The summed E-state index contributed by atoms with van der Waals surface area (Å²) in [6, 6.07) is 4.43. The lowest BCUT2D eigenvalue weighted by molar-refractivity contribution is 0.0637. The number of aryl methyl sites for hydroxylation is 1. The highest BCUT2D eigenvalue weighted by molar-refractivity contribution is 5.95. The molecule has 0 aliphatic heterocycles. The van der Waals surface area contributed by atoms with Crippen LogP contribution in [0.3, 0.4) is 0 Å². The second-order valence-corrected chi connectivity index (χ2v) is 5.12. The molecule has 0 aromatic heterocycles. The number of aliphatic hydroxyl groups excluding tert-OH is 1. The summed E-state index contributed by atoms with van der Waals surface area (Å²) < 4.78 is 13.1. The quantitative estimate of drug-likeness (QED) is 0.908. The number of hydrogen-bond acceptors (Lipinski definition) is 2. The Morgan fingerprint density at radius 3 is 2.68 bits per heavy atom.